The van der Waals surface area contributed by atoms with E-state index in [9.17, 15) is 14.6 Å². The van der Waals surface area contributed by atoms with Crippen molar-refractivity contribution in [3.05, 3.63) is 51.4 Å². The Kier molecular flexibility index (Phi) is 4.68. The Morgan fingerprint density at radius 2 is 1.82 bits per heavy atom. The van der Waals surface area contributed by atoms with Gasteiger partial charge in [0, 0.05) is 5.56 Å². The maximum Gasteiger partial charge on any atom is 0.363 e. The molecule has 17 heavy (non-hydrogen) atoms. The lowest BCUT2D eigenvalue weighted by Crippen LogP contribution is -2.07. The highest BCUT2D eigenvalue weighted by Gasteiger charge is 2.20. The van der Waals surface area contributed by atoms with Gasteiger partial charge in [0.05, 0.1) is 6.61 Å². The molecule has 0 saturated carbocycles. The van der Waals surface area contributed by atoms with Gasteiger partial charge in [-0.1, -0.05) is 30.3 Å². The van der Waals surface area contributed by atoms with Crippen LogP contribution in [0.15, 0.2) is 46.4 Å². The van der Waals surface area contributed by atoms with Crippen LogP contribution in [-0.2, 0) is 9.53 Å². The van der Waals surface area contributed by atoms with Gasteiger partial charge in [-0.15, -0.1) is 9.81 Å². The molecule has 0 N–H and O–H groups in total. The largest absolute Gasteiger partial charge is 0.461 e. The fraction of sp³-hybridized carbons (Fsp3) is 0.182. The maximum atomic E-state index is 11.4. The summed E-state index contributed by atoms with van der Waals surface area (Å²) in [5, 5.41) is 5.18. The van der Waals surface area contributed by atoms with Crippen molar-refractivity contribution in [2.24, 2.45) is 10.4 Å². The van der Waals surface area contributed by atoms with E-state index < -0.39 is 11.7 Å². The average Bonchev–Trinajstić information content (AvgIpc) is 2.37. The van der Waals surface area contributed by atoms with Crippen molar-refractivity contribution in [2.75, 3.05) is 6.61 Å². The minimum absolute atomic E-state index is 0.0821. The molecule has 0 fully saturated rings. The molecule has 0 aliphatic heterocycles. The smallest absolute Gasteiger partial charge is 0.363 e. The van der Waals surface area contributed by atoms with Crippen molar-refractivity contribution in [1.82, 2.24) is 0 Å². The maximum absolute atomic E-state index is 11.4. The SMILES string of the molecule is CCOC(=O)/C(N=O)=C(\N=O)c1ccccc1. The number of nitroso groups, excluding NO2 is 2. The molecular formula is C11H10N2O4. The second-order valence-corrected chi connectivity index (χ2v) is 2.97. The lowest BCUT2D eigenvalue weighted by Gasteiger charge is -2.02. The summed E-state index contributed by atoms with van der Waals surface area (Å²) >= 11 is 0. The van der Waals surface area contributed by atoms with Crippen LogP contribution in [0.5, 0.6) is 0 Å². The zero-order chi connectivity index (χ0) is 12.7. The molecule has 0 bridgehead atoms. The lowest BCUT2D eigenvalue weighted by atomic mass is 10.1. The molecule has 0 heterocycles. The standard InChI is InChI=1S/C11H10N2O4/c1-2-17-11(14)10(13-16)9(12-15)8-6-4-3-5-7-8/h3-7H,2H2,1H3/b10-9+. The van der Waals surface area contributed by atoms with E-state index in [0.29, 0.717) is 5.56 Å². The van der Waals surface area contributed by atoms with Gasteiger partial charge >= 0.3 is 5.97 Å². The van der Waals surface area contributed by atoms with E-state index >= 15 is 0 Å². The molecular weight excluding hydrogens is 224 g/mol. The predicted molar refractivity (Wildman–Crippen MR) is 61.6 cm³/mol. The molecule has 88 valence electrons. The van der Waals surface area contributed by atoms with Gasteiger partial charge in [-0.3, -0.25) is 0 Å². The zero-order valence-electron chi connectivity index (χ0n) is 9.12. The third-order valence-electron chi connectivity index (χ3n) is 1.92. The van der Waals surface area contributed by atoms with Crippen LogP contribution < -0.4 is 0 Å². The van der Waals surface area contributed by atoms with Gasteiger partial charge in [0.15, 0.2) is 5.70 Å². The Labute approximate surface area is 97.2 Å². The predicted octanol–water partition coefficient (Wildman–Crippen LogP) is 2.45. The van der Waals surface area contributed by atoms with Crippen LogP contribution in [0.2, 0.25) is 0 Å². The van der Waals surface area contributed by atoms with E-state index in [1.54, 1.807) is 37.3 Å². The highest BCUT2D eigenvalue weighted by molar-refractivity contribution is 5.96. The Morgan fingerprint density at radius 1 is 1.18 bits per heavy atom. The van der Waals surface area contributed by atoms with Gasteiger partial charge in [0.1, 0.15) is 0 Å². The lowest BCUT2D eigenvalue weighted by molar-refractivity contribution is -0.138. The molecule has 6 nitrogen and oxygen atoms in total. The number of carbonyl (C=O) groups is 1. The minimum atomic E-state index is -0.957. The van der Waals surface area contributed by atoms with E-state index in [2.05, 4.69) is 15.1 Å². The van der Waals surface area contributed by atoms with Crippen LogP contribution in [0.3, 0.4) is 0 Å². The third kappa shape index (κ3) is 3.04. The quantitative estimate of drug-likeness (QED) is 0.445. The van der Waals surface area contributed by atoms with E-state index in [4.69, 9.17) is 0 Å². The van der Waals surface area contributed by atoms with E-state index in [-0.39, 0.29) is 12.3 Å². The topological polar surface area (TPSA) is 85.2 Å². The van der Waals surface area contributed by atoms with Crippen molar-refractivity contribution < 1.29 is 9.53 Å². The molecule has 1 aromatic carbocycles. The van der Waals surface area contributed by atoms with Gasteiger partial charge in [-0.05, 0) is 17.3 Å². The summed E-state index contributed by atoms with van der Waals surface area (Å²) < 4.78 is 4.61. The van der Waals surface area contributed by atoms with Crippen LogP contribution in [0, 0.1) is 9.81 Å². The summed E-state index contributed by atoms with van der Waals surface area (Å²) in [4.78, 5) is 32.7. The molecule has 0 saturated heterocycles. The van der Waals surface area contributed by atoms with Gasteiger partial charge < -0.3 is 4.74 Å². The number of nitrogens with zero attached hydrogens (tertiary/aromatic N) is 2. The number of esters is 1. The van der Waals surface area contributed by atoms with Gasteiger partial charge in [0.2, 0.25) is 5.70 Å². The van der Waals surface area contributed by atoms with Crippen molar-refractivity contribution >= 4 is 11.7 Å². The highest BCUT2D eigenvalue weighted by Crippen LogP contribution is 2.21. The minimum Gasteiger partial charge on any atom is -0.461 e. The molecule has 0 aromatic heterocycles. The summed E-state index contributed by atoms with van der Waals surface area (Å²) in [6.07, 6.45) is 0. The molecule has 0 radical (unpaired) electrons. The van der Waals surface area contributed by atoms with Crippen LogP contribution in [0.1, 0.15) is 12.5 Å². The van der Waals surface area contributed by atoms with Gasteiger partial charge in [0.25, 0.3) is 0 Å². The fourth-order valence-corrected chi connectivity index (χ4v) is 1.21. The first-order valence-electron chi connectivity index (χ1n) is 4.88. The van der Waals surface area contributed by atoms with Crippen LogP contribution >= 0.6 is 0 Å². The number of hydrogen-bond acceptors (Lipinski definition) is 6. The molecule has 1 aromatic rings. The van der Waals surface area contributed by atoms with Gasteiger partial charge in [-0.2, -0.15) is 0 Å². The normalized spacial score (nSPS) is 11.4. The van der Waals surface area contributed by atoms with Crippen molar-refractivity contribution in [3.8, 4) is 0 Å². The molecule has 0 unspecified atom stereocenters. The first kappa shape index (κ1) is 12.7. The second-order valence-electron chi connectivity index (χ2n) is 2.97. The summed E-state index contributed by atoms with van der Waals surface area (Å²) in [6, 6.07) is 8.11. The van der Waals surface area contributed by atoms with Crippen LogP contribution in [0.4, 0.5) is 0 Å². The Bertz CT molecular complexity index is 454. The number of rotatable bonds is 5. The molecule has 0 atom stereocenters. The fourth-order valence-electron chi connectivity index (χ4n) is 1.21. The molecule has 6 heteroatoms. The van der Waals surface area contributed by atoms with Gasteiger partial charge in [-0.25, -0.2) is 4.79 Å². The Morgan fingerprint density at radius 3 is 2.29 bits per heavy atom. The van der Waals surface area contributed by atoms with Crippen molar-refractivity contribution in [1.29, 1.82) is 0 Å². The zero-order valence-corrected chi connectivity index (χ0v) is 9.12. The molecule has 0 amide bonds. The number of ether oxygens (including phenoxy) is 1. The monoisotopic (exact) mass is 234 g/mol. The summed E-state index contributed by atoms with van der Waals surface area (Å²) in [5.41, 5.74) is -0.600. The Balaban J connectivity index is 3.24. The summed E-state index contributed by atoms with van der Waals surface area (Å²) in [6.45, 7) is 1.66. The molecule has 0 aliphatic rings. The summed E-state index contributed by atoms with van der Waals surface area (Å²) in [7, 11) is 0. The van der Waals surface area contributed by atoms with Crippen molar-refractivity contribution in [2.45, 2.75) is 6.92 Å². The molecule has 0 spiro atoms. The summed E-state index contributed by atoms with van der Waals surface area (Å²) in [5.74, 6) is -0.957. The van der Waals surface area contributed by atoms with Crippen LogP contribution in [0.25, 0.3) is 5.70 Å². The first-order chi connectivity index (χ1) is 8.24. The van der Waals surface area contributed by atoms with E-state index in [1.165, 1.54) is 0 Å². The van der Waals surface area contributed by atoms with E-state index in [1.807, 2.05) is 0 Å². The average molecular weight is 234 g/mol. The first-order valence-corrected chi connectivity index (χ1v) is 4.88. The highest BCUT2D eigenvalue weighted by atomic mass is 16.5. The molecule has 1 rings (SSSR count). The van der Waals surface area contributed by atoms with E-state index in [0.717, 1.165) is 0 Å². The number of benzene rings is 1. The third-order valence-corrected chi connectivity index (χ3v) is 1.92. The molecule has 0 aliphatic carbocycles. The Hall–Kier alpha value is -2.37. The number of carbonyl (C=O) groups excluding carboxylic acids is 1. The van der Waals surface area contributed by atoms with Crippen molar-refractivity contribution in [3.63, 3.8) is 0 Å². The van der Waals surface area contributed by atoms with Crippen LogP contribution in [-0.4, -0.2) is 12.6 Å². The number of hydrogen-bond donors (Lipinski definition) is 0. The second kappa shape index (κ2) is 6.26.